The Hall–Kier alpha value is -0.940. The van der Waals surface area contributed by atoms with Gasteiger partial charge in [0.15, 0.2) is 5.82 Å². The largest absolute Gasteiger partial charge is 0.310 e. The van der Waals surface area contributed by atoms with E-state index in [0.717, 1.165) is 13.0 Å². The normalized spacial score (nSPS) is 10.9. The standard InChI is InChI=1S/C12H12BrClFN3/c1-2-3-18-11(7-14)16-17-12(18)8-4-9(13)6-10(15)5-8/h4-6H,2-3,7H2,1H3. The van der Waals surface area contributed by atoms with Crippen LogP contribution in [0.25, 0.3) is 11.4 Å². The topological polar surface area (TPSA) is 30.7 Å². The van der Waals surface area contributed by atoms with Crippen LogP contribution in [0.4, 0.5) is 4.39 Å². The van der Waals surface area contributed by atoms with Gasteiger partial charge in [-0.1, -0.05) is 22.9 Å². The van der Waals surface area contributed by atoms with Crippen molar-refractivity contribution in [2.24, 2.45) is 0 Å². The van der Waals surface area contributed by atoms with Crippen molar-refractivity contribution in [1.29, 1.82) is 0 Å². The molecule has 2 aromatic rings. The lowest BCUT2D eigenvalue weighted by molar-refractivity contribution is 0.626. The molecule has 96 valence electrons. The molecule has 0 atom stereocenters. The van der Waals surface area contributed by atoms with E-state index in [9.17, 15) is 4.39 Å². The third-order valence-electron chi connectivity index (χ3n) is 2.51. The van der Waals surface area contributed by atoms with E-state index in [1.165, 1.54) is 12.1 Å². The smallest absolute Gasteiger partial charge is 0.164 e. The molecule has 1 aromatic carbocycles. The molecule has 0 saturated heterocycles. The second-order valence-corrected chi connectivity index (χ2v) is 5.07. The van der Waals surface area contributed by atoms with Crippen molar-refractivity contribution in [2.45, 2.75) is 25.8 Å². The van der Waals surface area contributed by atoms with E-state index < -0.39 is 0 Å². The molecule has 1 heterocycles. The van der Waals surface area contributed by atoms with Crippen LogP contribution in [0.3, 0.4) is 0 Å². The Kier molecular flexibility index (Phi) is 4.35. The Bertz CT molecular complexity index is 536. The summed E-state index contributed by atoms with van der Waals surface area (Å²) < 4.78 is 16.0. The number of benzene rings is 1. The van der Waals surface area contributed by atoms with Gasteiger partial charge in [0.25, 0.3) is 0 Å². The highest BCUT2D eigenvalue weighted by molar-refractivity contribution is 9.10. The van der Waals surface area contributed by atoms with Gasteiger partial charge in [-0.25, -0.2) is 4.39 Å². The lowest BCUT2D eigenvalue weighted by Crippen LogP contribution is -2.04. The fraction of sp³-hybridized carbons (Fsp3) is 0.333. The van der Waals surface area contributed by atoms with E-state index in [-0.39, 0.29) is 5.82 Å². The molecule has 0 aliphatic carbocycles. The fourth-order valence-electron chi connectivity index (χ4n) is 1.79. The van der Waals surface area contributed by atoms with Gasteiger partial charge in [0.05, 0.1) is 5.88 Å². The van der Waals surface area contributed by atoms with Crippen LogP contribution in [0.15, 0.2) is 22.7 Å². The van der Waals surface area contributed by atoms with Gasteiger partial charge in [0, 0.05) is 16.6 Å². The molecule has 0 N–H and O–H groups in total. The Labute approximate surface area is 118 Å². The highest BCUT2D eigenvalue weighted by Crippen LogP contribution is 2.24. The lowest BCUT2D eigenvalue weighted by atomic mass is 10.2. The predicted octanol–water partition coefficient (Wildman–Crippen LogP) is 4.00. The molecule has 0 spiro atoms. The maximum absolute atomic E-state index is 13.4. The van der Waals surface area contributed by atoms with E-state index in [1.807, 2.05) is 10.6 Å². The molecule has 0 aliphatic rings. The van der Waals surface area contributed by atoms with Gasteiger partial charge in [0.1, 0.15) is 11.6 Å². The first-order valence-electron chi connectivity index (χ1n) is 5.60. The van der Waals surface area contributed by atoms with Crippen LogP contribution in [0.5, 0.6) is 0 Å². The molecule has 6 heteroatoms. The third kappa shape index (κ3) is 2.72. The minimum absolute atomic E-state index is 0.295. The van der Waals surface area contributed by atoms with E-state index in [2.05, 4.69) is 33.1 Å². The van der Waals surface area contributed by atoms with E-state index in [1.54, 1.807) is 0 Å². The summed E-state index contributed by atoms with van der Waals surface area (Å²) in [5, 5.41) is 8.13. The van der Waals surface area contributed by atoms with Gasteiger partial charge >= 0.3 is 0 Å². The summed E-state index contributed by atoms with van der Waals surface area (Å²) in [5.41, 5.74) is 0.694. The van der Waals surface area contributed by atoms with Crippen molar-refractivity contribution in [3.05, 3.63) is 34.3 Å². The number of aromatic nitrogens is 3. The first-order chi connectivity index (χ1) is 8.65. The van der Waals surface area contributed by atoms with Crippen molar-refractivity contribution < 1.29 is 4.39 Å². The second-order valence-electron chi connectivity index (χ2n) is 3.88. The first-order valence-corrected chi connectivity index (χ1v) is 6.93. The molecule has 0 amide bonds. The summed E-state index contributed by atoms with van der Waals surface area (Å²) in [6.07, 6.45) is 0.936. The number of halogens is 3. The molecule has 3 nitrogen and oxygen atoms in total. The van der Waals surface area contributed by atoms with Gasteiger partial charge in [-0.05, 0) is 24.6 Å². The van der Waals surface area contributed by atoms with Crippen LogP contribution in [0, 0.1) is 5.82 Å². The summed E-state index contributed by atoms with van der Waals surface area (Å²) in [6.45, 7) is 2.82. The van der Waals surface area contributed by atoms with Crippen LogP contribution >= 0.6 is 27.5 Å². The van der Waals surface area contributed by atoms with Gasteiger partial charge in [0.2, 0.25) is 0 Å². The Morgan fingerprint density at radius 2 is 2.11 bits per heavy atom. The molecule has 0 aliphatic heterocycles. The monoisotopic (exact) mass is 331 g/mol. The summed E-state index contributed by atoms with van der Waals surface area (Å²) >= 11 is 9.10. The van der Waals surface area contributed by atoms with Crippen molar-refractivity contribution in [3.63, 3.8) is 0 Å². The number of hydrogen-bond acceptors (Lipinski definition) is 2. The average Bonchev–Trinajstić information content (AvgIpc) is 2.71. The maximum Gasteiger partial charge on any atom is 0.164 e. The van der Waals surface area contributed by atoms with Gasteiger partial charge in [-0.2, -0.15) is 0 Å². The summed E-state index contributed by atoms with van der Waals surface area (Å²) in [4.78, 5) is 0. The minimum Gasteiger partial charge on any atom is -0.310 e. The Morgan fingerprint density at radius 3 is 2.72 bits per heavy atom. The van der Waals surface area contributed by atoms with Crippen LogP contribution in [-0.2, 0) is 12.4 Å². The molecule has 0 bridgehead atoms. The summed E-state index contributed by atoms with van der Waals surface area (Å²) in [7, 11) is 0. The fourth-order valence-corrected chi connectivity index (χ4v) is 2.45. The molecule has 2 rings (SSSR count). The van der Waals surface area contributed by atoms with Crippen LogP contribution in [-0.4, -0.2) is 14.8 Å². The number of rotatable bonds is 4. The minimum atomic E-state index is -0.308. The molecular weight excluding hydrogens is 321 g/mol. The molecule has 18 heavy (non-hydrogen) atoms. The Balaban J connectivity index is 2.52. The van der Waals surface area contributed by atoms with Crippen LogP contribution in [0.2, 0.25) is 0 Å². The van der Waals surface area contributed by atoms with Crippen molar-refractivity contribution >= 4 is 27.5 Å². The molecule has 0 saturated carbocycles. The van der Waals surface area contributed by atoms with Crippen molar-refractivity contribution in [3.8, 4) is 11.4 Å². The van der Waals surface area contributed by atoms with E-state index in [4.69, 9.17) is 11.6 Å². The number of alkyl halides is 1. The van der Waals surface area contributed by atoms with Crippen LogP contribution < -0.4 is 0 Å². The zero-order valence-corrected chi connectivity index (χ0v) is 12.2. The molecule has 0 radical (unpaired) electrons. The highest BCUT2D eigenvalue weighted by atomic mass is 79.9. The number of hydrogen-bond donors (Lipinski definition) is 0. The zero-order valence-electron chi connectivity index (χ0n) is 9.83. The van der Waals surface area contributed by atoms with Crippen LogP contribution in [0.1, 0.15) is 19.2 Å². The van der Waals surface area contributed by atoms with Gasteiger partial charge in [-0.3, -0.25) is 0 Å². The average molecular weight is 333 g/mol. The molecule has 0 unspecified atom stereocenters. The van der Waals surface area contributed by atoms with Crippen molar-refractivity contribution in [1.82, 2.24) is 14.8 Å². The Morgan fingerprint density at radius 1 is 1.33 bits per heavy atom. The summed E-state index contributed by atoms with van der Waals surface area (Å²) in [5.74, 6) is 1.34. The first kappa shape index (κ1) is 13.5. The lowest BCUT2D eigenvalue weighted by Gasteiger charge is -2.08. The SMILES string of the molecule is CCCn1c(CCl)nnc1-c1cc(F)cc(Br)c1. The second kappa shape index (κ2) is 5.80. The molecule has 0 fully saturated rings. The third-order valence-corrected chi connectivity index (χ3v) is 3.21. The van der Waals surface area contributed by atoms with E-state index in [0.29, 0.717) is 27.6 Å². The number of nitrogens with zero attached hydrogens (tertiary/aromatic N) is 3. The van der Waals surface area contributed by atoms with Gasteiger partial charge in [-0.15, -0.1) is 21.8 Å². The van der Waals surface area contributed by atoms with E-state index >= 15 is 0 Å². The molecule has 1 aromatic heterocycles. The van der Waals surface area contributed by atoms with Gasteiger partial charge < -0.3 is 4.57 Å². The highest BCUT2D eigenvalue weighted by Gasteiger charge is 2.13. The maximum atomic E-state index is 13.4. The molecular formula is C12H12BrClFN3. The quantitative estimate of drug-likeness (QED) is 0.792. The summed E-state index contributed by atoms with van der Waals surface area (Å²) in [6, 6.07) is 4.67. The predicted molar refractivity (Wildman–Crippen MR) is 73.0 cm³/mol. The van der Waals surface area contributed by atoms with Crippen molar-refractivity contribution in [2.75, 3.05) is 0 Å². The zero-order chi connectivity index (χ0) is 13.1.